The fraction of sp³-hybridized carbons (Fsp3) is 0.350. The number of halogens is 2. The third kappa shape index (κ3) is 3.61. The molecule has 1 fully saturated rings. The van der Waals surface area contributed by atoms with E-state index in [0.29, 0.717) is 12.8 Å². The van der Waals surface area contributed by atoms with Gasteiger partial charge in [0.05, 0.1) is 15.7 Å². The van der Waals surface area contributed by atoms with Crippen LogP contribution in [0.5, 0.6) is 0 Å². The first-order valence-corrected chi connectivity index (χ1v) is 11.5. The van der Waals surface area contributed by atoms with Gasteiger partial charge in [-0.05, 0) is 37.5 Å². The van der Waals surface area contributed by atoms with Gasteiger partial charge in [-0.15, -0.1) is 0 Å². The molecule has 2 heterocycles. The molecule has 4 rings (SSSR count). The Morgan fingerprint density at radius 1 is 1.03 bits per heavy atom. The van der Waals surface area contributed by atoms with E-state index in [-0.39, 0.29) is 46.8 Å². The number of para-hydroxylation sites is 1. The number of nitrogens with zero attached hydrogens (tertiary/aromatic N) is 2. The van der Waals surface area contributed by atoms with Gasteiger partial charge in [0.15, 0.2) is 0 Å². The summed E-state index contributed by atoms with van der Waals surface area (Å²) in [5.74, 6) is 0. The van der Waals surface area contributed by atoms with Crippen LogP contribution in [0.3, 0.4) is 0 Å². The van der Waals surface area contributed by atoms with Crippen LogP contribution in [0.2, 0.25) is 10.0 Å². The maximum absolute atomic E-state index is 13.1. The highest BCUT2D eigenvalue weighted by Crippen LogP contribution is 2.37. The van der Waals surface area contributed by atoms with E-state index in [4.69, 9.17) is 27.9 Å². The lowest BCUT2D eigenvalue weighted by Crippen LogP contribution is -2.50. The number of benzene rings is 2. The number of hydrogen-bond donors (Lipinski definition) is 0. The van der Waals surface area contributed by atoms with Crippen molar-refractivity contribution in [3.8, 4) is 0 Å². The quantitative estimate of drug-likeness (QED) is 0.678. The monoisotopic (exact) mass is 454 g/mol. The molecule has 0 bridgehead atoms. The summed E-state index contributed by atoms with van der Waals surface area (Å²) >= 11 is 12.2. The number of rotatable bonds is 3. The van der Waals surface area contributed by atoms with Gasteiger partial charge < -0.3 is 4.74 Å². The predicted molar refractivity (Wildman–Crippen MR) is 112 cm³/mol. The van der Waals surface area contributed by atoms with Crippen LogP contribution in [0, 0.1) is 6.92 Å². The molecule has 1 saturated heterocycles. The third-order valence-corrected chi connectivity index (χ3v) is 8.27. The van der Waals surface area contributed by atoms with Crippen LogP contribution in [-0.4, -0.2) is 37.9 Å². The molecule has 9 heteroatoms. The molecule has 1 amide bonds. The van der Waals surface area contributed by atoms with E-state index in [1.165, 1.54) is 16.4 Å². The molecule has 0 radical (unpaired) electrons. The summed E-state index contributed by atoms with van der Waals surface area (Å²) in [4.78, 5) is 14.1. The second kappa shape index (κ2) is 7.80. The number of carbonyl (C=O) groups excluding carboxylic acids is 1. The van der Waals surface area contributed by atoms with Crippen molar-refractivity contribution in [2.24, 2.45) is 0 Å². The molecule has 0 unspecified atom stereocenters. The molecule has 29 heavy (non-hydrogen) atoms. The molecule has 2 aromatic carbocycles. The van der Waals surface area contributed by atoms with Crippen LogP contribution in [-0.2, 0) is 21.4 Å². The number of hydrogen-bond acceptors (Lipinski definition) is 4. The molecule has 2 aliphatic heterocycles. The molecule has 0 aliphatic carbocycles. The van der Waals surface area contributed by atoms with Gasteiger partial charge in [-0.1, -0.05) is 47.5 Å². The van der Waals surface area contributed by atoms with Gasteiger partial charge in [0.2, 0.25) is 10.0 Å². The van der Waals surface area contributed by atoms with E-state index in [1.54, 1.807) is 11.0 Å². The van der Waals surface area contributed by atoms with Crippen molar-refractivity contribution >= 4 is 45.0 Å². The van der Waals surface area contributed by atoms with Gasteiger partial charge in [0.1, 0.15) is 11.5 Å². The van der Waals surface area contributed by atoms with Crippen molar-refractivity contribution in [2.45, 2.75) is 37.3 Å². The fourth-order valence-corrected chi connectivity index (χ4v) is 6.57. The number of sulfonamides is 1. The zero-order chi connectivity index (χ0) is 20.8. The number of carbonyl (C=O) groups is 1. The Kier molecular flexibility index (Phi) is 5.50. The number of piperidine rings is 1. The normalized spacial score (nSPS) is 18.4. The summed E-state index contributed by atoms with van der Waals surface area (Å²) in [5.41, 5.74) is 2.83. The molecule has 0 aromatic heterocycles. The van der Waals surface area contributed by atoms with Crippen LogP contribution < -0.4 is 4.90 Å². The summed E-state index contributed by atoms with van der Waals surface area (Å²) < 4.78 is 32.9. The molecule has 6 nitrogen and oxygen atoms in total. The molecule has 0 atom stereocenters. The average molecular weight is 455 g/mol. The van der Waals surface area contributed by atoms with Gasteiger partial charge in [0.25, 0.3) is 0 Å². The Morgan fingerprint density at radius 3 is 2.31 bits per heavy atom. The maximum Gasteiger partial charge on any atom is 0.414 e. The van der Waals surface area contributed by atoms with E-state index in [1.807, 2.05) is 25.1 Å². The van der Waals surface area contributed by atoms with Crippen LogP contribution in [0.25, 0.3) is 0 Å². The second-order valence-electron chi connectivity index (χ2n) is 7.19. The molecule has 0 spiro atoms. The van der Waals surface area contributed by atoms with Gasteiger partial charge >= 0.3 is 6.09 Å². The van der Waals surface area contributed by atoms with Crippen molar-refractivity contribution in [1.82, 2.24) is 4.31 Å². The first-order valence-electron chi connectivity index (χ1n) is 9.29. The van der Waals surface area contributed by atoms with Crippen LogP contribution in [0.15, 0.2) is 41.3 Å². The molecule has 0 saturated carbocycles. The Morgan fingerprint density at radius 2 is 1.66 bits per heavy atom. The molecule has 0 N–H and O–H groups in total. The van der Waals surface area contributed by atoms with Crippen molar-refractivity contribution < 1.29 is 17.9 Å². The highest BCUT2D eigenvalue weighted by molar-refractivity contribution is 7.89. The number of aryl methyl sites for hydroxylation is 1. The zero-order valence-corrected chi connectivity index (χ0v) is 18.1. The average Bonchev–Trinajstić information content (AvgIpc) is 2.68. The second-order valence-corrected chi connectivity index (χ2v) is 9.88. The number of anilines is 1. The Bertz CT molecular complexity index is 1050. The molecule has 2 aliphatic rings. The van der Waals surface area contributed by atoms with E-state index in [9.17, 15) is 13.2 Å². The summed E-state index contributed by atoms with van der Waals surface area (Å²) in [6.45, 7) is 2.74. The molecule has 2 aromatic rings. The smallest absolute Gasteiger partial charge is 0.414 e. The number of amides is 1. The Balaban J connectivity index is 1.57. The van der Waals surface area contributed by atoms with Crippen molar-refractivity contribution in [3.63, 3.8) is 0 Å². The highest BCUT2D eigenvalue weighted by Gasteiger charge is 2.38. The van der Waals surface area contributed by atoms with Crippen molar-refractivity contribution in [3.05, 3.63) is 57.6 Å². The highest BCUT2D eigenvalue weighted by atomic mass is 35.5. The largest absolute Gasteiger partial charge is 0.444 e. The van der Waals surface area contributed by atoms with Crippen molar-refractivity contribution in [1.29, 1.82) is 0 Å². The fourth-order valence-electron chi connectivity index (χ4n) is 4.01. The molecular weight excluding hydrogens is 435 g/mol. The first-order chi connectivity index (χ1) is 13.8. The Labute approximate surface area is 180 Å². The predicted octanol–water partition coefficient (Wildman–Crippen LogP) is 4.61. The maximum atomic E-state index is 13.1. The minimum absolute atomic E-state index is 0.0691. The standard InChI is InChI=1S/C20H20Cl2N2O4S/c1-13-4-2-5-14-12-28-20(25)24(18(13)14)15-8-10-23(11-9-15)29(26,27)19-16(21)6-3-7-17(19)22/h2-7,15H,8-12H2,1H3. The molecular formula is C20H20Cl2N2O4S. The summed E-state index contributed by atoms with van der Waals surface area (Å²) in [5, 5.41) is 0.201. The first kappa shape index (κ1) is 20.5. The van der Waals surface area contributed by atoms with E-state index in [2.05, 4.69) is 0 Å². The van der Waals surface area contributed by atoms with Gasteiger partial charge in [-0.3, -0.25) is 4.90 Å². The van der Waals surface area contributed by atoms with E-state index < -0.39 is 10.0 Å². The van der Waals surface area contributed by atoms with E-state index >= 15 is 0 Å². The molecule has 154 valence electrons. The van der Waals surface area contributed by atoms with E-state index in [0.717, 1.165) is 16.8 Å². The number of fused-ring (bicyclic) bond motifs is 1. The number of cyclic esters (lactones) is 1. The lowest BCUT2D eigenvalue weighted by atomic mass is 10.00. The van der Waals surface area contributed by atoms with Crippen LogP contribution in [0.4, 0.5) is 10.5 Å². The van der Waals surface area contributed by atoms with Gasteiger partial charge in [-0.25, -0.2) is 13.2 Å². The lowest BCUT2D eigenvalue weighted by Gasteiger charge is -2.40. The summed E-state index contributed by atoms with van der Waals surface area (Å²) in [6.07, 6.45) is 0.594. The van der Waals surface area contributed by atoms with Crippen LogP contribution in [0.1, 0.15) is 24.0 Å². The Hall–Kier alpha value is -1.80. The van der Waals surface area contributed by atoms with Gasteiger partial charge in [-0.2, -0.15) is 4.31 Å². The zero-order valence-electron chi connectivity index (χ0n) is 15.8. The van der Waals surface area contributed by atoms with Crippen molar-refractivity contribution in [2.75, 3.05) is 18.0 Å². The lowest BCUT2D eigenvalue weighted by molar-refractivity contribution is 0.135. The van der Waals surface area contributed by atoms with Gasteiger partial charge in [0, 0.05) is 24.7 Å². The minimum Gasteiger partial charge on any atom is -0.444 e. The SMILES string of the molecule is Cc1cccc2c1N(C1CCN(S(=O)(=O)c3c(Cl)cccc3Cl)CC1)C(=O)OC2. The minimum atomic E-state index is -3.82. The summed E-state index contributed by atoms with van der Waals surface area (Å²) in [6, 6.07) is 10.3. The summed E-state index contributed by atoms with van der Waals surface area (Å²) in [7, 11) is -3.82. The van der Waals surface area contributed by atoms with Crippen LogP contribution >= 0.6 is 23.2 Å². The third-order valence-electron chi connectivity index (χ3n) is 5.42. The topological polar surface area (TPSA) is 66.9 Å². The number of ether oxygens (including phenoxy) is 1.